The number of aromatic carboxylic acids is 1. The zero-order chi connectivity index (χ0) is 20.7. The molecule has 0 spiro atoms. The second-order valence-corrected chi connectivity index (χ2v) is 8.41. The molecular weight excluding hydrogens is 398 g/mol. The number of aromatic nitrogens is 1. The number of aliphatic imine (C=N–C) groups is 1. The van der Waals surface area contributed by atoms with Crippen molar-refractivity contribution in [3.63, 3.8) is 0 Å². The van der Waals surface area contributed by atoms with Crippen molar-refractivity contribution in [1.82, 2.24) is 9.88 Å². The third kappa shape index (κ3) is 3.19. The third-order valence-corrected chi connectivity index (χ3v) is 6.79. The number of benzene rings is 1. The van der Waals surface area contributed by atoms with E-state index in [1.807, 2.05) is 30.3 Å². The second kappa shape index (κ2) is 7.65. The number of fused-ring (bicyclic) bond motifs is 1. The Kier molecular flexibility index (Phi) is 4.83. The van der Waals surface area contributed by atoms with Gasteiger partial charge in [0.25, 0.3) is 0 Å². The van der Waals surface area contributed by atoms with E-state index < -0.39 is 5.97 Å². The highest BCUT2D eigenvalue weighted by atomic mass is 32.2. The Balaban J connectivity index is 1.51. The first-order chi connectivity index (χ1) is 14.7. The lowest BCUT2D eigenvalue weighted by Crippen LogP contribution is -2.35. The Morgan fingerprint density at radius 2 is 2.03 bits per heavy atom. The molecule has 1 aromatic carbocycles. The van der Waals surface area contributed by atoms with E-state index in [2.05, 4.69) is 16.8 Å². The van der Waals surface area contributed by atoms with Crippen molar-refractivity contribution in [3.05, 3.63) is 77.8 Å². The fourth-order valence-corrected chi connectivity index (χ4v) is 5.44. The smallest absolute Gasteiger partial charge is 0.335 e. The molecule has 2 aliphatic heterocycles. The maximum atomic E-state index is 11.1. The number of pyridine rings is 1. The van der Waals surface area contributed by atoms with Gasteiger partial charge in [-0.3, -0.25) is 4.98 Å². The molecule has 0 aliphatic carbocycles. The van der Waals surface area contributed by atoms with E-state index in [0.29, 0.717) is 6.04 Å². The van der Waals surface area contributed by atoms with Gasteiger partial charge in [0, 0.05) is 23.6 Å². The van der Waals surface area contributed by atoms with Crippen molar-refractivity contribution < 1.29 is 14.3 Å². The van der Waals surface area contributed by atoms with Crippen LogP contribution in [0.15, 0.2) is 70.2 Å². The first kappa shape index (κ1) is 18.9. The van der Waals surface area contributed by atoms with Gasteiger partial charge in [-0.05, 0) is 42.8 Å². The van der Waals surface area contributed by atoms with E-state index in [0.717, 1.165) is 40.1 Å². The van der Waals surface area contributed by atoms with Gasteiger partial charge in [-0.15, -0.1) is 0 Å². The number of thioether (sulfide) groups is 1. The number of furan rings is 1. The van der Waals surface area contributed by atoms with Crippen LogP contribution in [0.1, 0.15) is 47.2 Å². The maximum Gasteiger partial charge on any atom is 0.335 e. The average molecular weight is 420 g/mol. The Morgan fingerprint density at radius 1 is 1.20 bits per heavy atom. The van der Waals surface area contributed by atoms with Crippen LogP contribution in [0, 0.1) is 0 Å². The van der Waals surface area contributed by atoms with Gasteiger partial charge in [0.2, 0.25) is 0 Å². The lowest BCUT2D eigenvalue weighted by Gasteiger charge is -2.30. The molecule has 1 fully saturated rings. The van der Waals surface area contributed by atoms with E-state index in [-0.39, 0.29) is 17.6 Å². The van der Waals surface area contributed by atoms with Crippen LogP contribution in [-0.2, 0) is 0 Å². The summed E-state index contributed by atoms with van der Waals surface area (Å²) in [6.07, 6.45) is 2.85. The van der Waals surface area contributed by atoms with Gasteiger partial charge in [0.05, 0.1) is 11.3 Å². The summed E-state index contributed by atoms with van der Waals surface area (Å²) in [5, 5.41) is 10.2. The van der Waals surface area contributed by atoms with Crippen LogP contribution in [0.5, 0.6) is 0 Å². The minimum Gasteiger partial charge on any atom is -0.478 e. The first-order valence-corrected chi connectivity index (χ1v) is 11.0. The lowest BCUT2D eigenvalue weighted by molar-refractivity contribution is 0.0697. The molecule has 30 heavy (non-hydrogen) atoms. The molecule has 0 bridgehead atoms. The van der Waals surface area contributed by atoms with Crippen LogP contribution in [0.3, 0.4) is 0 Å². The van der Waals surface area contributed by atoms with Gasteiger partial charge in [0.15, 0.2) is 5.17 Å². The molecule has 2 aliphatic rings. The lowest BCUT2D eigenvalue weighted by atomic mass is 10.0. The van der Waals surface area contributed by atoms with Crippen LogP contribution < -0.4 is 0 Å². The van der Waals surface area contributed by atoms with Crippen molar-refractivity contribution in [2.24, 2.45) is 4.99 Å². The molecule has 3 atom stereocenters. The van der Waals surface area contributed by atoms with E-state index in [4.69, 9.17) is 14.5 Å². The Bertz CT molecular complexity index is 1090. The predicted octanol–water partition coefficient (Wildman–Crippen LogP) is 5.02. The number of nitrogens with zero attached hydrogens (tertiary/aromatic N) is 3. The number of carboxylic acid groups (broad SMARTS) is 1. The van der Waals surface area contributed by atoms with Crippen molar-refractivity contribution >= 4 is 22.9 Å². The number of carboxylic acids is 1. The Hall–Kier alpha value is -3.06. The number of hydrogen-bond donors (Lipinski definition) is 1. The highest BCUT2D eigenvalue weighted by molar-refractivity contribution is 8.14. The van der Waals surface area contributed by atoms with Crippen LogP contribution >= 0.6 is 11.8 Å². The molecular formula is C23H21N3O3S. The van der Waals surface area contributed by atoms with Gasteiger partial charge < -0.3 is 14.4 Å². The summed E-state index contributed by atoms with van der Waals surface area (Å²) in [6, 6.07) is 16.9. The number of rotatable bonds is 5. The molecule has 152 valence electrons. The topological polar surface area (TPSA) is 78.9 Å². The zero-order valence-electron chi connectivity index (χ0n) is 16.4. The summed E-state index contributed by atoms with van der Waals surface area (Å²) in [5.41, 5.74) is 2.04. The largest absolute Gasteiger partial charge is 0.478 e. The van der Waals surface area contributed by atoms with Crippen LogP contribution in [0.2, 0.25) is 0 Å². The van der Waals surface area contributed by atoms with E-state index >= 15 is 0 Å². The molecule has 4 heterocycles. The molecule has 3 aromatic rings. The molecule has 0 radical (unpaired) electrons. The standard InChI is InChI=1S/C23H21N3O3S/c1-2-16-13-30-23-25-20(17-5-3-4-12-24-17)21(26(16)23)19-11-10-18(29-19)14-6-8-15(9-7-14)22(27)28/h3-12,16,20-21H,2,13H2,1H3,(H,27,28)/t16-,20+,21+/m0/s1. The van der Waals surface area contributed by atoms with E-state index in [9.17, 15) is 4.79 Å². The average Bonchev–Trinajstić information content (AvgIpc) is 3.49. The quantitative estimate of drug-likeness (QED) is 0.626. The molecule has 0 unspecified atom stereocenters. The fraction of sp³-hybridized carbons (Fsp3) is 0.261. The number of amidine groups is 1. The summed E-state index contributed by atoms with van der Waals surface area (Å²) in [4.78, 5) is 23.1. The van der Waals surface area contributed by atoms with Crippen LogP contribution in [-0.4, -0.2) is 37.9 Å². The van der Waals surface area contributed by atoms with Gasteiger partial charge in [0.1, 0.15) is 23.6 Å². The monoisotopic (exact) mass is 419 g/mol. The molecule has 0 amide bonds. The van der Waals surface area contributed by atoms with E-state index in [1.165, 1.54) is 0 Å². The molecule has 1 N–H and O–H groups in total. The Labute approximate surface area is 178 Å². The molecule has 2 aromatic heterocycles. The number of carbonyl (C=O) groups is 1. The van der Waals surface area contributed by atoms with Gasteiger partial charge in [-0.1, -0.05) is 36.9 Å². The van der Waals surface area contributed by atoms with E-state index in [1.54, 1.807) is 42.2 Å². The zero-order valence-corrected chi connectivity index (χ0v) is 17.2. The minimum atomic E-state index is -0.937. The normalized spacial score (nSPS) is 22.8. The summed E-state index contributed by atoms with van der Waals surface area (Å²) in [7, 11) is 0. The highest BCUT2D eigenvalue weighted by Gasteiger charge is 2.46. The van der Waals surface area contributed by atoms with Crippen molar-refractivity contribution in [3.8, 4) is 11.3 Å². The second-order valence-electron chi connectivity index (χ2n) is 7.42. The fourth-order valence-electron chi connectivity index (χ4n) is 4.10. The van der Waals surface area contributed by atoms with Crippen LogP contribution in [0.25, 0.3) is 11.3 Å². The molecule has 1 saturated heterocycles. The Morgan fingerprint density at radius 3 is 2.73 bits per heavy atom. The number of hydrogen-bond acceptors (Lipinski definition) is 6. The van der Waals surface area contributed by atoms with Crippen LogP contribution in [0.4, 0.5) is 0 Å². The summed E-state index contributed by atoms with van der Waals surface area (Å²) < 4.78 is 6.31. The van der Waals surface area contributed by atoms with Crippen molar-refractivity contribution in [1.29, 1.82) is 0 Å². The van der Waals surface area contributed by atoms with Gasteiger partial charge >= 0.3 is 5.97 Å². The molecule has 0 saturated carbocycles. The maximum absolute atomic E-state index is 11.1. The molecule has 6 nitrogen and oxygen atoms in total. The summed E-state index contributed by atoms with van der Waals surface area (Å²) >= 11 is 1.80. The van der Waals surface area contributed by atoms with Crippen molar-refractivity contribution in [2.75, 3.05) is 5.75 Å². The summed E-state index contributed by atoms with van der Waals surface area (Å²) in [5.74, 6) is 1.66. The first-order valence-electron chi connectivity index (χ1n) is 9.99. The van der Waals surface area contributed by atoms with Gasteiger partial charge in [-0.2, -0.15) is 0 Å². The van der Waals surface area contributed by atoms with Crippen molar-refractivity contribution in [2.45, 2.75) is 31.5 Å². The third-order valence-electron chi connectivity index (χ3n) is 5.66. The molecule has 5 rings (SSSR count). The predicted molar refractivity (Wildman–Crippen MR) is 117 cm³/mol. The SMILES string of the molecule is CC[C@H]1CSC2=N[C@H](c3ccccn3)[C@@H](c3ccc(-c4ccc(C(=O)O)cc4)o3)N21. The molecule has 7 heteroatoms. The van der Waals surface area contributed by atoms with Gasteiger partial charge in [-0.25, -0.2) is 9.79 Å². The summed E-state index contributed by atoms with van der Waals surface area (Å²) in [6.45, 7) is 2.21. The highest BCUT2D eigenvalue weighted by Crippen LogP contribution is 2.49. The minimum absolute atomic E-state index is 0.0399.